The number of anilines is 2. The molecule has 0 spiro atoms. The Morgan fingerprint density at radius 3 is 1.98 bits per heavy atom. The molecular weight excluding hydrogens is 657 g/mol. The van der Waals surface area contributed by atoms with Crippen molar-refractivity contribution >= 4 is 60.7 Å². The van der Waals surface area contributed by atoms with Crippen molar-refractivity contribution in [3.8, 4) is 16.8 Å². The fourth-order valence-corrected chi connectivity index (χ4v) is 9.29. The van der Waals surface area contributed by atoms with Gasteiger partial charge in [-0.2, -0.15) is 0 Å². The zero-order valence-electron chi connectivity index (χ0n) is 30.4. The summed E-state index contributed by atoms with van der Waals surface area (Å²) in [5.74, 6) is 0. The normalized spacial score (nSPS) is 14.7. The predicted octanol–water partition coefficient (Wildman–Crippen LogP) is 13.9. The van der Waals surface area contributed by atoms with Crippen molar-refractivity contribution in [1.82, 2.24) is 4.57 Å². The van der Waals surface area contributed by atoms with Gasteiger partial charge in [0, 0.05) is 44.0 Å². The molecule has 0 radical (unpaired) electrons. The smallest absolute Gasteiger partial charge is 0.159 e. The van der Waals surface area contributed by atoms with Crippen LogP contribution < -0.4 is 4.90 Å². The van der Waals surface area contributed by atoms with Gasteiger partial charge in [0.1, 0.15) is 5.58 Å². The lowest BCUT2D eigenvalue weighted by Gasteiger charge is -2.32. The lowest BCUT2D eigenvalue weighted by atomic mass is 9.82. The molecule has 0 N–H and O–H groups in total. The van der Waals surface area contributed by atoms with E-state index >= 15 is 0 Å². The molecule has 0 atom stereocenters. The Bertz CT molecular complexity index is 2970. The Morgan fingerprint density at radius 2 is 1.22 bits per heavy atom. The quantitative estimate of drug-likeness (QED) is 0.179. The van der Waals surface area contributed by atoms with E-state index in [1.54, 1.807) is 0 Å². The Labute approximate surface area is 314 Å². The minimum atomic E-state index is -0.131. The number of aromatic nitrogens is 1. The molecule has 11 rings (SSSR count). The zero-order chi connectivity index (χ0) is 36.0. The molecule has 7 aromatic carbocycles. The summed E-state index contributed by atoms with van der Waals surface area (Å²) in [4.78, 5) is 2.49. The highest BCUT2D eigenvalue weighted by Gasteiger charge is 2.36. The Kier molecular flexibility index (Phi) is 6.72. The number of hydrogen-bond acceptors (Lipinski definition) is 2. The number of nitrogens with zero attached hydrogens (tertiary/aromatic N) is 2. The number of para-hydroxylation sites is 3. The van der Waals surface area contributed by atoms with Gasteiger partial charge < -0.3 is 13.9 Å². The van der Waals surface area contributed by atoms with Crippen molar-refractivity contribution in [3.63, 3.8) is 0 Å². The summed E-state index contributed by atoms with van der Waals surface area (Å²) in [7, 11) is 0. The highest BCUT2D eigenvalue weighted by atomic mass is 16.3. The minimum Gasteiger partial charge on any atom is -0.454 e. The van der Waals surface area contributed by atoms with Crippen LogP contribution in [0.4, 0.5) is 11.4 Å². The van der Waals surface area contributed by atoms with Gasteiger partial charge in [-0.05, 0) is 94.8 Å². The molecule has 0 amide bonds. The van der Waals surface area contributed by atoms with Crippen molar-refractivity contribution in [1.29, 1.82) is 0 Å². The Balaban J connectivity index is 1.20. The van der Waals surface area contributed by atoms with E-state index in [2.05, 4.69) is 193 Å². The van der Waals surface area contributed by atoms with Crippen LogP contribution in [-0.2, 0) is 5.41 Å². The first kappa shape index (κ1) is 31.0. The van der Waals surface area contributed by atoms with Crippen molar-refractivity contribution in [2.75, 3.05) is 4.90 Å². The lowest BCUT2D eigenvalue weighted by molar-refractivity contribution is 0.660. The number of fused-ring (bicyclic) bond motifs is 9. The van der Waals surface area contributed by atoms with E-state index in [0.717, 1.165) is 51.8 Å². The maximum atomic E-state index is 6.91. The van der Waals surface area contributed by atoms with Gasteiger partial charge in [-0.25, -0.2) is 0 Å². The molecule has 3 nitrogen and oxygen atoms in total. The van der Waals surface area contributed by atoms with Crippen LogP contribution in [0, 0.1) is 0 Å². The molecule has 2 heterocycles. The van der Waals surface area contributed by atoms with Gasteiger partial charge in [0.25, 0.3) is 0 Å². The summed E-state index contributed by atoms with van der Waals surface area (Å²) in [5.41, 5.74) is 16.6. The predicted molar refractivity (Wildman–Crippen MR) is 226 cm³/mol. The summed E-state index contributed by atoms with van der Waals surface area (Å²) in [6.07, 6.45) is 6.49. The van der Waals surface area contributed by atoms with E-state index in [4.69, 9.17) is 4.42 Å². The summed E-state index contributed by atoms with van der Waals surface area (Å²) in [5, 5.41) is 4.72. The van der Waals surface area contributed by atoms with E-state index in [-0.39, 0.29) is 5.41 Å². The molecule has 0 bridgehead atoms. The molecule has 54 heavy (non-hydrogen) atoms. The number of rotatable bonds is 5. The fourth-order valence-electron chi connectivity index (χ4n) is 9.29. The van der Waals surface area contributed by atoms with Gasteiger partial charge in [0.15, 0.2) is 5.58 Å². The van der Waals surface area contributed by atoms with Crippen LogP contribution >= 0.6 is 0 Å². The SMILES string of the molecule is CC1(C)c2ccccc2-c2ccc(N(C3=CC=C(c4ccccc4)CC3)c3cc(-n4c5ccccc5c5ccccc54)cc4c3oc3ccccc34)cc21. The van der Waals surface area contributed by atoms with Crippen LogP contribution in [0.15, 0.2) is 180 Å². The molecule has 9 aromatic rings. The summed E-state index contributed by atoms with van der Waals surface area (Å²) >= 11 is 0. The minimum absolute atomic E-state index is 0.131. The zero-order valence-corrected chi connectivity index (χ0v) is 30.4. The van der Waals surface area contributed by atoms with E-state index in [1.165, 1.54) is 60.9 Å². The van der Waals surface area contributed by atoms with Crippen LogP contribution in [0.1, 0.15) is 43.4 Å². The standard InChI is InChI=1S/C51H38N2O/c1-51(2)44-20-10-6-16-38(44)39-29-28-36(31-45(39)51)52(35-26-24-34(25-27-35)33-14-4-3-5-15-33)48-32-37(30-43-42-19-9-13-23-49(42)54-50(43)48)53-46-21-11-7-17-40(46)41-18-8-12-22-47(41)53/h3-24,26,28-32H,25,27H2,1-2H3. The molecule has 3 heteroatoms. The van der Waals surface area contributed by atoms with Gasteiger partial charge in [-0.15, -0.1) is 0 Å². The Morgan fingerprint density at radius 1 is 0.556 bits per heavy atom. The third kappa shape index (κ3) is 4.55. The average molecular weight is 695 g/mol. The van der Waals surface area contributed by atoms with Crippen molar-refractivity contribution in [3.05, 3.63) is 192 Å². The maximum absolute atomic E-state index is 6.91. The largest absolute Gasteiger partial charge is 0.454 e. The van der Waals surface area contributed by atoms with Crippen molar-refractivity contribution < 1.29 is 4.42 Å². The average Bonchev–Trinajstić information content (AvgIpc) is 3.84. The molecule has 0 fully saturated rings. The number of allylic oxidation sites excluding steroid dienone is 4. The van der Waals surface area contributed by atoms with Gasteiger partial charge in [-0.3, -0.25) is 0 Å². The number of furan rings is 1. The van der Waals surface area contributed by atoms with Crippen LogP contribution in [0.2, 0.25) is 0 Å². The summed E-state index contributed by atoms with van der Waals surface area (Å²) in [6.45, 7) is 4.72. The molecule has 0 saturated heterocycles. The third-order valence-corrected chi connectivity index (χ3v) is 11.9. The summed E-state index contributed by atoms with van der Waals surface area (Å²) in [6, 6.07) is 57.4. The highest BCUT2D eigenvalue weighted by molar-refractivity contribution is 6.13. The monoisotopic (exact) mass is 694 g/mol. The molecular formula is C51H38N2O. The van der Waals surface area contributed by atoms with Gasteiger partial charge in [-0.1, -0.05) is 135 Å². The maximum Gasteiger partial charge on any atom is 0.159 e. The van der Waals surface area contributed by atoms with Crippen molar-refractivity contribution in [2.45, 2.75) is 32.1 Å². The third-order valence-electron chi connectivity index (χ3n) is 11.9. The van der Waals surface area contributed by atoms with E-state index in [9.17, 15) is 0 Å². The fraction of sp³-hybridized carbons (Fsp3) is 0.0980. The number of benzene rings is 7. The van der Waals surface area contributed by atoms with E-state index in [1.807, 2.05) is 0 Å². The molecule has 258 valence electrons. The second-order valence-corrected chi connectivity index (χ2v) is 15.3. The van der Waals surface area contributed by atoms with Crippen LogP contribution in [0.25, 0.3) is 66.1 Å². The second-order valence-electron chi connectivity index (χ2n) is 15.3. The van der Waals surface area contributed by atoms with Crippen LogP contribution in [0.3, 0.4) is 0 Å². The first-order valence-electron chi connectivity index (χ1n) is 19.0. The summed E-state index contributed by atoms with van der Waals surface area (Å²) < 4.78 is 9.33. The topological polar surface area (TPSA) is 21.3 Å². The molecule has 2 aliphatic carbocycles. The van der Waals surface area contributed by atoms with Crippen molar-refractivity contribution in [2.24, 2.45) is 0 Å². The van der Waals surface area contributed by atoms with Crippen LogP contribution in [-0.4, -0.2) is 4.57 Å². The Hall–Kier alpha value is -6.58. The molecule has 0 aliphatic heterocycles. The van der Waals surface area contributed by atoms with Crippen LogP contribution in [0.5, 0.6) is 0 Å². The van der Waals surface area contributed by atoms with Gasteiger partial charge in [0.2, 0.25) is 0 Å². The molecule has 2 aliphatic rings. The first-order chi connectivity index (χ1) is 26.5. The highest BCUT2D eigenvalue weighted by Crippen LogP contribution is 2.51. The van der Waals surface area contributed by atoms with Gasteiger partial charge in [0.05, 0.1) is 16.7 Å². The van der Waals surface area contributed by atoms with Gasteiger partial charge >= 0.3 is 0 Å². The first-order valence-corrected chi connectivity index (χ1v) is 19.0. The molecule has 0 saturated carbocycles. The van der Waals surface area contributed by atoms with E-state index < -0.39 is 0 Å². The molecule has 2 aromatic heterocycles. The second kappa shape index (κ2) is 11.7. The number of hydrogen-bond donors (Lipinski definition) is 0. The molecule has 0 unspecified atom stereocenters. The van der Waals surface area contributed by atoms with E-state index in [0.29, 0.717) is 0 Å². The lowest BCUT2D eigenvalue weighted by Crippen LogP contribution is -2.20.